The number of rotatable bonds is 3. The number of benzene rings is 1. The number of piperidine rings is 1. The maximum atomic E-state index is 12.5. The molecule has 4 rings (SSSR count). The van der Waals surface area contributed by atoms with Gasteiger partial charge in [-0.2, -0.15) is 4.98 Å². The van der Waals surface area contributed by atoms with Crippen LogP contribution >= 0.6 is 15.9 Å². The minimum absolute atomic E-state index is 0.203. The van der Waals surface area contributed by atoms with Crippen LogP contribution in [-0.2, 0) is 0 Å². The molecule has 4 nitrogen and oxygen atoms in total. The number of nitrogens with zero attached hydrogens (tertiary/aromatic N) is 4. The van der Waals surface area contributed by atoms with Crippen molar-refractivity contribution in [2.24, 2.45) is 5.92 Å². The van der Waals surface area contributed by atoms with Gasteiger partial charge in [0.25, 0.3) is 0 Å². The fourth-order valence-electron chi connectivity index (χ4n) is 3.34. The highest BCUT2D eigenvalue weighted by Crippen LogP contribution is 2.26. The lowest BCUT2D eigenvalue weighted by Crippen LogP contribution is -2.34. The van der Waals surface area contributed by atoms with Crippen LogP contribution in [0.1, 0.15) is 19.3 Å². The van der Waals surface area contributed by atoms with Gasteiger partial charge in [-0.05, 0) is 49.4 Å². The Kier molecular flexibility index (Phi) is 3.93. The highest BCUT2D eigenvalue weighted by Gasteiger charge is 2.20. The zero-order valence-electron chi connectivity index (χ0n) is 12.8. The molecule has 0 unspecified atom stereocenters. The quantitative estimate of drug-likeness (QED) is 0.685. The molecule has 1 aliphatic heterocycles. The first-order chi connectivity index (χ1) is 11.2. The predicted molar refractivity (Wildman–Crippen MR) is 93.7 cm³/mol. The van der Waals surface area contributed by atoms with E-state index in [-0.39, 0.29) is 6.67 Å². The SMILES string of the molecule is FCCC1CCN(c2ccn3c(n2)nc2ccc(Br)cc23)CC1. The van der Waals surface area contributed by atoms with Crippen LogP contribution in [0.25, 0.3) is 16.8 Å². The maximum absolute atomic E-state index is 12.5. The lowest BCUT2D eigenvalue weighted by Gasteiger charge is -2.32. The Labute approximate surface area is 142 Å². The molecule has 3 aromatic rings. The third kappa shape index (κ3) is 2.80. The van der Waals surface area contributed by atoms with E-state index in [1.807, 2.05) is 28.8 Å². The third-order valence-corrected chi connectivity index (χ3v) is 5.17. The molecule has 0 atom stereocenters. The average Bonchev–Trinajstić information content (AvgIpc) is 2.93. The van der Waals surface area contributed by atoms with Gasteiger partial charge in [0.05, 0.1) is 17.7 Å². The van der Waals surface area contributed by atoms with Gasteiger partial charge in [-0.25, -0.2) is 4.98 Å². The second-order valence-corrected chi connectivity index (χ2v) is 7.02. The van der Waals surface area contributed by atoms with E-state index in [4.69, 9.17) is 4.98 Å². The number of anilines is 1. The molecule has 1 saturated heterocycles. The number of imidazole rings is 1. The molecule has 0 aliphatic carbocycles. The number of hydrogen-bond acceptors (Lipinski definition) is 3. The molecule has 0 saturated carbocycles. The van der Waals surface area contributed by atoms with Gasteiger partial charge in [0.2, 0.25) is 5.78 Å². The predicted octanol–water partition coefficient (Wildman–Crippen LogP) is 4.22. The average molecular weight is 377 g/mol. The van der Waals surface area contributed by atoms with Crippen LogP contribution in [0.2, 0.25) is 0 Å². The Balaban J connectivity index is 1.63. The van der Waals surface area contributed by atoms with Crippen LogP contribution in [0.5, 0.6) is 0 Å². The number of hydrogen-bond donors (Lipinski definition) is 0. The second-order valence-electron chi connectivity index (χ2n) is 6.11. The monoisotopic (exact) mass is 376 g/mol. The van der Waals surface area contributed by atoms with E-state index >= 15 is 0 Å². The van der Waals surface area contributed by atoms with Crippen molar-refractivity contribution in [3.63, 3.8) is 0 Å². The van der Waals surface area contributed by atoms with Crippen molar-refractivity contribution in [3.05, 3.63) is 34.9 Å². The van der Waals surface area contributed by atoms with E-state index in [1.165, 1.54) is 0 Å². The Bertz CT molecular complexity index is 839. The normalized spacial score (nSPS) is 16.5. The number of alkyl halides is 1. The molecule has 0 spiro atoms. The summed E-state index contributed by atoms with van der Waals surface area (Å²) in [5.74, 6) is 2.21. The fourth-order valence-corrected chi connectivity index (χ4v) is 3.69. The van der Waals surface area contributed by atoms with Crippen molar-refractivity contribution in [3.8, 4) is 0 Å². The molecule has 2 aromatic heterocycles. The Morgan fingerprint density at radius 2 is 2.00 bits per heavy atom. The number of aromatic nitrogens is 3. The van der Waals surface area contributed by atoms with Crippen LogP contribution in [0.15, 0.2) is 34.9 Å². The van der Waals surface area contributed by atoms with Gasteiger partial charge in [-0.3, -0.25) is 8.79 Å². The van der Waals surface area contributed by atoms with Gasteiger partial charge in [-0.1, -0.05) is 15.9 Å². The lowest BCUT2D eigenvalue weighted by molar-refractivity contribution is 0.332. The van der Waals surface area contributed by atoms with Crippen LogP contribution in [0, 0.1) is 5.92 Å². The van der Waals surface area contributed by atoms with Gasteiger partial charge in [-0.15, -0.1) is 0 Å². The Hall–Kier alpha value is -1.69. The minimum Gasteiger partial charge on any atom is -0.356 e. The summed E-state index contributed by atoms with van der Waals surface area (Å²) < 4.78 is 15.5. The smallest absolute Gasteiger partial charge is 0.236 e. The molecule has 120 valence electrons. The van der Waals surface area contributed by atoms with Crippen LogP contribution in [0.3, 0.4) is 0 Å². The molecule has 6 heteroatoms. The molecule has 0 N–H and O–H groups in total. The van der Waals surface area contributed by atoms with Crippen LogP contribution < -0.4 is 4.90 Å². The number of halogens is 2. The van der Waals surface area contributed by atoms with Crippen LogP contribution in [0.4, 0.5) is 10.2 Å². The van der Waals surface area contributed by atoms with Gasteiger partial charge in [0.15, 0.2) is 0 Å². The van der Waals surface area contributed by atoms with Crippen molar-refractivity contribution in [2.45, 2.75) is 19.3 Å². The molecular formula is C17H18BrFN4. The molecule has 1 fully saturated rings. The van der Waals surface area contributed by atoms with Crippen molar-refractivity contribution in [2.75, 3.05) is 24.7 Å². The van der Waals surface area contributed by atoms with Gasteiger partial charge in [0.1, 0.15) is 5.82 Å². The van der Waals surface area contributed by atoms with Gasteiger partial charge >= 0.3 is 0 Å². The largest absolute Gasteiger partial charge is 0.356 e. The maximum Gasteiger partial charge on any atom is 0.236 e. The first-order valence-corrected chi connectivity index (χ1v) is 8.79. The summed E-state index contributed by atoms with van der Waals surface area (Å²) >= 11 is 3.50. The van der Waals surface area contributed by atoms with Gasteiger partial charge < -0.3 is 4.90 Å². The zero-order valence-corrected chi connectivity index (χ0v) is 14.3. The van der Waals surface area contributed by atoms with Crippen molar-refractivity contribution < 1.29 is 4.39 Å². The molecule has 23 heavy (non-hydrogen) atoms. The van der Waals surface area contributed by atoms with E-state index in [1.54, 1.807) is 0 Å². The molecule has 0 radical (unpaired) electrons. The standard InChI is InChI=1S/C17H18BrFN4/c18-13-1-2-14-15(11-13)23-10-6-16(21-17(23)20-14)22-8-4-12(3-7-19)5-9-22/h1-2,6,10-12H,3-5,7-9H2. The van der Waals surface area contributed by atoms with E-state index in [0.29, 0.717) is 12.3 Å². The zero-order chi connectivity index (χ0) is 15.8. The first kappa shape index (κ1) is 14.9. The van der Waals surface area contributed by atoms with Crippen molar-refractivity contribution in [1.82, 2.24) is 14.4 Å². The molecule has 1 aromatic carbocycles. The summed E-state index contributed by atoms with van der Waals surface area (Å²) in [4.78, 5) is 11.6. The summed E-state index contributed by atoms with van der Waals surface area (Å²) in [7, 11) is 0. The molecule has 0 amide bonds. The van der Waals surface area contributed by atoms with Crippen molar-refractivity contribution in [1.29, 1.82) is 0 Å². The van der Waals surface area contributed by atoms with Crippen molar-refractivity contribution >= 4 is 38.6 Å². The third-order valence-electron chi connectivity index (χ3n) is 4.68. The minimum atomic E-state index is -0.203. The van der Waals surface area contributed by atoms with E-state index in [0.717, 1.165) is 53.0 Å². The Morgan fingerprint density at radius 3 is 2.78 bits per heavy atom. The summed E-state index contributed by atoms with van der Waals surface area (Å²) in [5.41, 5.74) is 1.99. The molecular weight excluding hydrogens is 359 g/mol. The highest BCUT2D eigenvalue weighted by atomic mass is 79.9. The fraction of sp³-hybridized carbons (Fsp3) is 0.412. The Morgan fingerprint density at radius 1 is 1.17 bits per heavy atom. The number of fused-ring (bicyclic) bond motifs is 3. The van der Waals surface area contributed by atoms with E-state index < -0.39 is 0 Å². The highest BCUT2D eigenvalue weighted by molar-refractivity contribution is 9.10. The summed E-state index contributed by atoms with van der Waals surface area (Å²) in [6.45, 7) is 1.68. The molecule has 3 heterocycles. The van der Waals surface area contributed by atoms with E-state index in [9.17, 15) is 4.39 Å². The molecule has 0 bridgehead atoms. The van der Waals surface area contributed by atoms with E-state index in [2.05, 4.69) is 31.9 Å². The second kappa shape index (κ2) is 6.07. The first-order valence-electron chi connectivity index (χ1n) is 8.00. The topological polar surface area (TPSA) is 33.4 Å². The lowest BCUT2D eigenvalue weighted by atomic mass is 9.94. The molecule has 1 aliphatic rings. The van der Waals surface area contributed by atoms with Crippen LogP contribution in [-0.4, -0.2) is 34.1 Å². The summed E-state index contributed by atoms with van der Waals surface area (Å²) in [6, 6.07) is 8.09. The summed E-state index contributed by atoms with van der Waals surface area (Å²) in [5, 5.41) is 0. The van der Waals surface area contributed by atoms with Gasteiger partial charge in [0, 0.05) is 23.8 Å². The summed E-state index contributed by atoms with van der Waals surface area (Å²) in [6.07, 6.45) is 4.81.